The molecule has 2 aromatic rings. The maximum atomic E-state index is 12.7. The maximum Gasteiger partial charge on any atom is 0.261 e. The van der Waals surface area contributed by atoms with E-state index in [2.05, 4.69) is 15.4 Å². The van der Waals surface area contributed by atoms with Gasteiger partial charge in [-0.25, -0.2) is 8.42 Å². The second-order valence-electron chi connectivity index (χ2n) is 6.95. The van der Waals surface area contributed by atoms with Crippen LogP contribution in [0.2, 0.25) is 0 Å². The van der Waals surface area contributed by atoms with Crippen molar-refractivity contribution in [1.82, 2.24) is 10.6 Å². The van der Waals surface area contributed by atoms with E-state index in [1.54, 1.807) is 24.3 Å². The third-order valence-electron chi connectivity index (χ3n) is 4.71. The van der Waals surface area contributed by atoms with E-state index in [1.165, 1.54) is 12.1 Å². The predicted octanol–water partition coefficient (Wildman–Crippen LogP) is 3.01. The molecular weight excluding hydrogens is 398 g/mol. The van der Waals surface area contributed by atoms with Crippen molar-refractivity contribution < 1.29 is 13.2 Å². The van der Waals surface area contributed by atoms with Crippen molar-refractivity contribution in [2.45, 2.75) is 37.6 Å². The van der Waals surface area contributed by atoms with Crippen molar-refractivity contribution in [2.75, 3.05) is 17.8 Å². The summed E-state index contributed by atoms with van der Waals surface area (Å²) in [5.74, 6) is -0.230. The van der Waals surface area contributed by atoms with Crippen LogP contribution in [0, 0.1) is 13.8 Å². The van der Waals surface area contributed by atoms with E-state index in [0.717, 1.165) is 37.1 Å². The molecule has 3 rings (SSSR count). The number of amides is 1. The molecule has 3 N–H and O–H groups in total. The van der Waals surface area contributed by atoms with Crippen molar-refractivity contribution in [2.24, 2.45) is 0 Å². The lowest BCUT2D eigenvalue weighted by molar-refractivity contribution is 0.0928. The first-order valence-electron chi connectivity index (χ1n) is 9.07. The first-order chi connectivity index (χ1) is 12.8. The highest BCUT2D eigenvalue weighted by Gasteiger charge is 2.21. The van der Waals surface area contributed by atoms with Crippen LogP contribution in [0.25, 0.3) is 0 Å². The van der Waals surface area contributed by atoms with Crippen LogP contribution < -0.4 is 15.4 Å². The van der Waals surface area contributed by atoms with Gasteiger partial charge in [-0.2, -0.15) is 0 Å². The Morgan fingerprint density at radius 1 is 1.07 bits per heavy atom. The minimum atomic E-state index is -3.78. The van der Waals surface area contributed by atoms with Gasteiger partial charge < -0.3 is 10.6 Å². The SMILES string of the molecule is Cc1cccc(NS(=O)(=O)c2ccc(C)c(C(=O)NC3CCNCC3)c2)c1.Cl. The van der Waals surface area contributed by atoms with Crippen LogP contribution in [0.3, 0.4) is 0 Å². The highest BCUT2D eigenvalue weighted by atomic mass is 35.5. The summed E-state index contributed by atoms with van der Waals surface area (Å²) < 4.78 is 28.1. The number of anilines is 1. The van der Waals surface area contributed by atoms with Crippen molar-refractivity contribution in [3.05, 3.63) is 59.2 Å². The van der Waals surface area contributed by atoms with E-state index in [-0.39, 0.29) is 29.3 Å². The minimum Gasteiger partial charge on any atom is -0.349 e. The van der Waals surface area contributed by atoms with Gasteiger partial charge in [0.05, 0.1) is 4.90 Å². The Morgan fingerprint density at radius 2 is 1.79 bits per heavy atom. The van der Waals surface area contributed by atoms with Crippen LogP contribution in [-0.4, -0.2) is 33.5 Å². The predicted molar refractivity (Wildman–Crippen MR) is 114 cm³/mol. The zero-order valence-electron chi connectivity index (χ0n) is 16.0. The van der Waals surface area contributed by atoms with Crippen LogP contribution in [0.4, 0.5) is 5.69 Å². The summed E-state index contributed by atoms with van der Waals surface area (Å²) in [5, 5.41) is 6.27. The fourth-order valence-electron chi connectivity index (χ4n) is 3.16. The molecule has 152 valence electrons. The molecule has 2 aromatic carbocycles. The Labute approximate surface area is 172 Å². The number of piperidine rings is 1. The highest BCUT2D eigenvalue weighted by molar-refractivity contribution is 7.92. The molecule has 0 atom stereocenters. The topological polar surface area (TPSA) is 87.3 Å². The third-order valence-corrected chi connectivity index (χ3v) is 6.09. The molecule has 0 unspecified atom stereocenters. The zero-order chi connectivity index (χ0) is 19.4. The number of aryl methyl sites for hydroxylation is 2. The lowest BCUT2D eigenvalue weighted by Crippen LogP contribution is -2.42. The molecule has 8 heteroatoms. The Kier molecular flexibility index (Phi) is 7.46. The largest absolute Gasteiger partial charge is 0.349 e. The van der Waals surface area contributed by atoms with Gasteiger partial charge in [0.25, 0.3) is 15.9 Å². The van der Waals surface area contributed by atoms with Crippen molar-refractivity contribution >= 4 is 34.0 Å². The molecule has 0 radical (unpaired) electrons. The number of nitrogens with one attached hydrogen (secondary N) is 3. The quantitative estimate of drug-likeness (QED) is 0.689. The monoisotopic (exact) mass is 423 g/mol. The maximum absolute atomic E-state index is 12.7. The summed E-state index contributed by atoms with van der Waals surface area (Å²) >= 11 is 0. The van der Waals surface area contributed by atoms with Crippen molar-refractivity contribution in [3.63, 3.8) is 0 Å². The molecule has 1 aliphatic heterocycles. The minimum absolute atomic E-state index is 0. The number of sulfonamides is 1. The molecule has 1 amide bonds. The Hall–Kier alpha value is -2.09. The van der Waals surface area contributed by atoms with Crippen LogP contribution in [-0.2, 0) is 10.0 Å². The van der Waals surface area contributed by atoms with Crippen LogP contribution in [0.15, 0.2) is 47.4 Å². The number of benzene rings is 2. The highest BCUT2D eigenvalue weighted by Crippen LogP contribution is 2.20. The number of rotatable bonds is 5. The molecule has 6 nitrogen and oxygen atoms in total. The van der Waals surface area contributed by atoms with Crippen LogP contribution >= 0.6 is 12.4 Å². The van der Waals surface area contributed by atoms with E-state index in [1.807, 2.05) is 19.9 Å². The Balaban J connectivity index is 0.00000280. The smallest absolute Gasteiger partial charge is 0.261 e. The standard InChI is InChI=1S/C20H25N3O3S.ClH/c1-14-4-3-5-17(12-14)23-27(25,26)18-7-6-15(2)19(13-18)20(24)22-16-8-10-21-11-9-16;/h3-7,12-13,16,21,23H,8-11H2,1-2H3,(H,22,24);1H. The first-order valence-corrected chi connectivity index (χ1v) is 10.6. The number of hydrogen-bond acceptors (Lipinski definition) is 4. The molecule has 0 bridgehead atoms. The third kappa shape index (κ3) is 5.47. The first kappa shape index (κ1) is 22.2. The van der Waals surface area contributed by atoms with E-state index < -0.39 is 10.0 Å². The van der Waals surface area contributed by atoms with E-state index in [9.17, 15) is 13.2 Å². The molecule has 1 heterocycles. The second kappa shape index (κ2) is 9.41. The lowest BCUT2D eigenvalue weighted by Gasteiger charge is -2.24. The summed E-state index contributed by atoms with van der Waals surface area (Å²) in [6.45, 7) is 5.45. The summed E-state index contributed by atoms with van der Waals surface area (Å²) in [6.07, 6.45) is 1.75. The Bertz CT molecular complexity index is 941. The van der Waals surface area contributed by atoms with Crippen LogP contribution in [0.5, 0.6) is 0 Å². The lowest BCUT2D eigenvalue weighted by atomic mass is 10.0. The number of halogens is 1. The van der Waals surface area contributed by atoms with Gasteiger partial charge in [0.2, 0.25) is 0 Å². The molecule has 1 fully saturated rings. The number of carbonyl (C=O) groups excluding carboxylic acids is 1. The zero-order valence-corrected chi connectivity index (χ0v) is 17.6. The summed E-state index contributed by atoms with van der Waals surface area (Å²) in [6, 6.07) is 11.9. The number of hydrogen-bond donors (Lipinski definition) is 3. The fraction of sp³-hybridized carbons (Fsp3) is 0.350. The van der Waals surface area contributed by atoms with Gasteiger partial charge in [0.15, 0.2) is 0 Å². The van der Waals surface area contributed by atoms with Gasteiger partial charge in [0, 0.05) is 17.3 Å². The molecule has 0 spiro atoms. The summed E-state index contributed by atoms with van der Waals surface area (Å²) in [7, 11) is -3.78. The van der Waals surface area contributed by atoms with Gasteiger partial charge in [-0.05, 0) is 75.2 Å². The van der Waals surface area contributed by atoms with Gasteiger partial charge in [-0.15, -0.1) is 12.4 Å². The molecule has 0 saturated carbocycles. The van der Waals surface area contributed by atoms with Crippen molar-refractivity contribution in [3.8, 4) is 0 Å². The normalized spacial score (nSPS) is 14.8. The van der Waals surface area contributed by atoms with Gasteiger partial charge >= 0.3 is 0 Å². The fourth-order valence-corrected chi connectivity index (χ4v) is 4.24. The molecule has 1 saturated heterocycles. The van der Waals surface area contributed by atoms with Crippen molar-refractivity contribution in [1.29, 1.82) is 0 Å². The summed E-state index contributed by atoms with van der Waals surface area (Å²) in [4.78, 5) is 12.7. The Morgan fingerprint density at radius 3 is 2.46 bits per heavy atom. The van der Waals surface area contributed by atoms with E-state index >= 15 is 0 Å². The molecule has 0 aromatic heterocycles. The molecule has 1 aliphatic rings. The number of carbonyl (C=O) groups is 1. The van der Waals surface area contributed by atoms with Crippen LogP contribution in [0.1, 0.15) is 34.3 Å². The molecule has 28 heavy (non-hydrogen) atoms. The molecular formula is C20H26ClN3O3S. The van der Waals surface area contributed by atoms with E-state index in [4.69, 9.17) is 0 Å². The second-order valence-corrected chi connectivity index (χ2v) is 8.63. The van der Waals surface area contributed by atoms with E-state index in [0.29, 0.717) is 11.3 Å². The van der Waals surface area contributed by atoms with Gasteiger partial charge in [0.1, 0.15) is 0 Å². The average Bonchev–Trinajstić information content (AvgIpc) is 2.62. The van der Waals surface area contributed by atoms with Gasteiger partial charge in [-0.1, -0.05) is 18.2 Å². The summed E-state index contributed by atoms with van der Waals surface area (Å²) in [5.41, 5.74) is 2.59. The average molecular weight is 424 g/mol. The molecule has 0 aliphatic carbocycles. The van der Waals surface area contributed by atoms with Gasteiger partial charge in [-0.3, -0.25) is 9.52 Å².